The van der Waals surface area contributed by atoms with Crippen molar-refractivity contribution in [2.75, 3.05) is 18.2 Å². The van der Waals surface area contributed by atoms with Gasteiger partial charge in [0.25, 0.3) is 5.56 Å². The maximum atomic E-state index is 13.9. The van der Waals surface area contributed by atoms with E-state index in [0.29, 0.717) is 36.6 Å². The maximum Gasteiger partial charge on any atom is 0.278 e. The molecule has 2 heterocycles. The third kappa shape index (κ3) is 5.02. The summed E-state index contributed by atoms with van der Waals surface area (Å²) in [6.07, 6.45) is 0. The molecular formula is C28H24N4O3S3. The molecule has 0 spiro atoms. The van der Waals surface area contributed by atoms with E-state index >= 15 is 0 Å². The molecule has 0 radical (unpaired) electrons. The zero-order chi connectivity index (χ0) is 26.8. The molecule has 0 bridgehead atoms. The molecule has 0 atom stereocenters. The first-order chi connectivity index (χ1) is 18.4. The van der Waals surface area contributed by atoms with Crippen LogP contribution in [0.5, 0.6) is 5.75 Å². The second-order valence-electron chi connectivity index (χ2n) is 8.53. The van der Waals surface area contributed by atoms with Gasteiger partial charge in [-0.05, 0) is 61.5 Å². The van der Waals surface area contributed by atoms with Gasteiger partial charge in [-0.15, -0.1) is 0 Å². The average molecular weight is 561 g/mol. The fourth-order valence-electron chi connectivity index (χ4n) is 4.11. The number of benzene rings is 3. The number of aromatic nitrogens is 3. The van der Waals surface area contributed by atoms with Crippen molar-refractivity contribution in [2.24, 2.45) is 0 Å². The van der Waals surface area contributed by atoms with Gasteiger partial charge in [-0.1, -0.05) is 65.6 Å². The summed E-state index contributed by atoms with van der Waals surface area (Å²) in [4.78, 5) is 31.7. The Kier molecular flexibility index (Phi) is 7.46. The Hall–Kier alpha value is -3.73. The van der Waals surface area contributed by atoms with Crippen LogP contribution in [0.1, 0.15) is 11.1 Å². The van der Waals surface area contributed by atoms with Crippen molar-refractivity contribution in [1.29, 1.82) is 0 Å². The quantitative estimate of drug-likeness (QED) is 0.143. The number of thiazole rings is 1. The van der Waals surface area contributed by atoms with Crippen molar-refractivity contribution in [3.63, 3.8) is 0 Å². The van der Waals surface area contributed by atoms with Crippen LogP contribution < -0.4 is 15.6 Å². The minimum atomic E-state index is -0.227. The first-order valence-corrected chi connectivity index (χ1v) is 14.0. The lowest BCUT2D eigenvalue weighted by molar-refractivity contribution is -0.113. The molecule has 0 aliphatic heterocycles. The number of ether oxygens (including phenoxy) is 1. The molecule has 0 aliphatic rings. The van der Waals surface area contributed by atoms with E-state index in [2.05, 4.69) is 5.32 Å². The maximum absolute atomic E-state index is 13.9. The Morgan fingerprint density at radius 1 is 1.00 bits per heavy atom. The number of hydrogen-bond donors (Lipinski definition) is 1. The van der Waals surface area contributed by atoms with Crippen LogP contribution in [-0.4, -0.2) is 32.9 Å². The van der Waals surface area contributed by atoms with Crippen molar-refractivity contribution in [3.8, 4) is 17.1 Å². The van der Waals surface area contributed by atoms with Gasteiger partial charge in [0.1, 0.15) is 10.4 Å². The first kappa shape index (κ1) is 25.9. The molecule has 10 heteroatoms. The SMILES string of the molecule is COc1cccc(NC(=O)CSc2nc3c(sc(=S)n3-c3ccccc3C)c(=O)n2-c2ccccc2C)c1. The molecule has 192 valence electrons. The summed E-state index contributed by atoms with van der Waals surface area (Å²) >= 11 is 8.14. The molecular weight excluding hydrogens is 537 g/mol. The first-order valence-electron chi connectivity index (χ1n) is 11.7. The van der Waals surface area contributed by atoms with E-state index in [4.69, 9.17) is 21.9 Å². The third-order valence-electron chi connectivity index (χ3n) is 5.98. The van der Waals surface area contributed by atoms with Crippen LogP contribution in [0.3, 0.4) is 0 Å². The molecule has 5 aromatic rings. The number of methoxy groups -OCH3 is 1. The highest BCUT2D eigenvalue weighted by Gasteiger charge is 2.21. The second-order valence-corrected chi connectivity index (χ2v) is 11.1. The number of nitrogens with zero attached hydrogens (tertiary/aromatic N) is 3. The Morgan fingerprint density at radius 2 is 1.66 bits per heavy atom. The van der Waals surface area contributed by atoms with Gasteiger partial charge < -0.3 is 10.1 Å². The smallest absolute Gasteiger partial charge is 0.278 e. The highest BCUT2D eigenvalue weighted by atomic mass is 32.2. The van der Waals surface area contributed by atoms with Crippen LogP contribution in [0.2, 0.25) is 0 Å². The average Bonchev–Trinajstić information content (AvgIpc) is 3.24. The van der Waals surface area contributed by atoms with Crippen LogP contribution in [0, 0.1) is 17.8 Å². The number of hydrogen-bond acceptors (Lipinski definition) is 7. The van der Waals surface area contributed by atoms with Gasteiger partial charge in [0.05, 0.1) is 24.2 Å². The predicted octanol–water partition coefficient (Wildman–Crippen LogP) is 6.32. The molecule has 0 fully saturated rings. The summed E-state index contributed by atoms with van der Waals surface area (Å²) in [5.41, 5.74) is 4.41. The molecule has 0 saturated carbocycles. The van der Waals surface area contributed by atoms with Gasteiger partial charge in [0, 0.05) is 11.8 Å². The Morgan fingerprint density at radius 3 is 2.32 bits per heavy atom. The Bertz CT molecular complexity index is 1790. The van der Waals surface area contributed by atoms with E-state index < -0.39 is 0 Å². The molecule has 0 saturated heterocycles. The van der Waals surface area contributed by atoms with E-state index in [-0.39, 0.29) is 17.2 Å². The molecule has 7 nitrogen and oxygen atoms in total. The van der Waals surface area contributed by atoms with E-state index in [1.165, 1.54) is 23.1 Å². The molecule has 0 unspecified atom stereocenters. The van der Waals surface area contributed by atoms with Crippen molar-refractivity contribution >= 4 is 57.3 Å². The van der Waals surface area contributed by atoms with Crippen LogP contribution in [0.4, 0.5) is 5.69 Å². The van der Waals surface area contributed by atoms with Gasteiger partial charge >= 0.3 is 0 Å². The molecule has 5 rings (SSSR count). The molecule has 38 heavy (non-hydrogen) atoms. The summed E-state index contributed by atoms with van der Waals surface area (Å²) in [6.45, 7) is 3.93. The van der Waals surface area contributed by atoms with Crippen molar-refractivity contribution in [2.45, 2.75) is 19.0 Å². The highest BCUT2D eigenvalue weighted by Crippen LogP contribution is 2.29. The molecule has 3 aromatic carbocycles. The van der Waals surface area contributed by atoms with Crippen LogP contribution in [-0.2, 0) is 4.79 Å². The number of fused-ring (bicyclic) bond motifs is 1. The number of para-hydroxylation sites is 2. The summed E-state index contributed by atoms with van der Waals surface area (Å²) in [6, 6.07) is 22.6. The lowest BCUT2D eigenvalue weighted by Crippen LogP contribution is -2.23. The number of rotatable bonds is 7. The van der Waals surface area contributed by atoms with Crippen molar-refractivity contribution in [3.05, 3.63) is 98.2 Å². The van der Waals surface area contributed by atoms with E-state index in [1.54, 1.807) is 29.9 Å². The lowest BCUT2D eigenvalue weighted by Gasteiger charge is -2.15. The standard InChI is InChI=1S/C28H24N4O3S3/c1-17-9-4-6-13-21(17)31-25-24(38-28(31)36)26(34)32(22-14-7-5-10-18(22)2)27(30-25)37-16-23(33)29-19-11-8-12-20(15-19)35-3/h4-15H,16H2,1-3H3,(H,29,33). The third-order valence-corrected chi connectivity index (χ3v) is 8.27. The van der Waals surface area contributed by atoms with Gasteiger partial charge in [0.15, 0.2) is 14.8 Å². The monoisotopic (exact) mass is 560 g/mol. The van der Waals surface area contributed by atoms with Crippen LogP contribution in [0.15, 0.2) is 82.7 Å². The Balaban J connectivity index is 1.60. The van der Waals surface area contributed by atoms with Gasteiger partial charge in [0.2, 0.25) is 5.91 Å². The number of nitrogens with one attached hydrogen (secondary N) is 1. The zero-order valence-corrected chi connectivity index (χ0v) is 23.4. The summed E-state index contributed by atoms with van der Waals surface area (Å²) in [7, 11) is 1.57. The summed E-state index contributed by atoms with van der Waals surface area (Å²) in [5, 5.41) is 3.29. The zero-order valence-electron chi connectivity index (χ0n) is 20.9. The predicted molar refractivity (Wildman–Crippen MR) is 157 cm³/mol. The van der Waals surface area contributed by atoms with Crippen molar-refractivity contribution < 1.29 is 9.53 Å². The number of carbonyl (C=O) groups excluding carboxylic acids is 1. The molecule has 2 aromatic heterocycles. The van der Waals surface area contributed by atoms with Gasteiger partial charge in [-0.25, -0.2) is 4.98 Å². The molecule has 1 N–H and O–H groups in total. The van der Waals surface area contributed by atoms with Crippen molar-refractivity contribution in [1.82, 2.24) is 14.1 Å². The minimum Gasteiger partial charge on any atom is -0.497 e. The minimum absolute atomic E-state index is 0.0519. The van der Waals surface area contributed by atoms with Gasteiger partial charge in [-0.3, -0.25) is 18.7 Å². The largest absolute Gasteiger partial charge is 0.497 e. The normalized spacial score (nSPS) is 11.0. The van der Waals surface area contributed by atoms with Crippen LogP contribution >= 0.6 is 35.3 Å². The number of aryl methyl sites for hydroxylation is 2. The number of carbonyl (C=O) groups is 1. The fraction of sp³-hybridized carbons (Fsp3) is 0.143. The molecule has 1 amide bonds. The number of thioether (sulfide) groups is 1. The number of amides is 1. The Labute approximate surface area is 232 Å². The lowest BCUT2D eigenvalue weighted by atomic mass is 10.2. The molecule has 0 aliphatic carbocycles. The topological polar surface area (TPSA) is 78.2 Å². The van der Waals surface area contributed by atoms with E-state index in [9.17, 15) is 9.59 Å². The highest BCUT2D eigenvalue weighted by molar-refractivity contribution is 7.99. The second kappa shape index (κ2) is 10.9. The fourth-order valence-corrected chi connectivity index (χ4v) is 6.20. The van der Waals surface area contributed by atoms with Crippen LogP contribution in [0.25, 0.3) is 21.7 Å². The van der Waals surface area contributed by atoms with Gasteiger partial charge in [-0.2, -0.15) is 0 Å². The number of anilines is 1. The van der Waals surface area contributed by atoms with E-state index in [0.717, 1.165) is 16.8 Å². The summed E-state index contributed by atoms with van der Waals surface area (Å²) in [5.74, 6) is 0.472. The summed E-state index contributed by atoms with van der Waals surface area (Å²) < 4.78 is 9.66. The van der Waals surface area contributed by atoms with E-state index in [1.807, 2.05) is 73.0 Å².